The Kier molecular flexibility index (Phi) is 3.71. The summed E-state index contributed by atoms with van der Waals surface area (Å²) in [5, 5.41) is 9.48. The predicted molar refractivity (Wildman–Crippen MR) is 109 cm³/mol. The zero-order valence-corrected chi connectivity index (χ0v) is 16.3. The highest BCUT2D eigenvalue weighted by atomic mass is 19.3. The van der Waals surface area contributed by atoms with Gasteiger partial charge < -0.3 is 19.3 Å². The van der Waals surface area contributed by atoms with Crippen molar-refractivity contribution >= 4 is 16.9 Å². The number of carbonyl (C=O) groups is 1. The molecule has 2 aromatic carbocycles. The maximum atomic E-state index is 13.4. The van der Waals surface area contributed by atoms with Crippen LogP contribution in [-0.4, -0.2) is 45.2 Å². The molecule has 1 aromatic heterocycles. The first-order valence-corrected chi connectivity index (χ1v) is 9.69. The number of carbonyl (C=O) groups excluding carboxylic acids is 1. The van der Waals surface area contributed by atoms with E-state index in [0.717, 1.165) is 4.90 Å². The summed E-state index contributed by atoms with van der Waals surface area (Å²) in [4.78, 5) is 18.8. The van der Waals surface area contributed by atoms with Crippen LogP contribution in [0.1, 0.15) is 56.8 Å². The lowest BCUT2D eigenvalue weighted by Crippen LogP contribution is -2.30. The number of aliphatic hydroxyl groups is 1. The minimum absolute atomic E-state index is 0.000624. The van der Waals surface area contributed by atoms with Crippen molar-refractivity contribution in [3.8, 4) is 17.6 Å². The minimum Gasteiger partial charge on any atom is -0.434 e. The highest BCUT2D eigenvalue weighted by Gasteiger charge is 2.44. The molecule has 0 spiro atoms. The van der Waals surface area contributed by atoms with Crippen molar-refractivity contribution in [3.05, 3.63) is 58.9 Å². The number of imidazole rings is 1. The van der Waals surface area contributed by atoms with Crippen LogP contribution in [0.3, 0.4) is 0 Å². The number of halogens is 2. The molecule has 2 aliphatic rings. The van der Waals surface area contributed by atoms with Gasteiger partial charge in [-0.1, -0.05) is 17.9 Å². The molecule has 0 radical (unpaired) electrons. The van der Waals surface area contributed by atoms with Gasteiger partial charge in [-0.15, -0.1) is 0 Å². The van der Waals surface area contributed by atoms with Gasteiger partial charge in [-0.3, -0.25) is 4.79 Å². The van der Waals surface area contributed by atoms with Gasteiger partial charge in [0.15, 0.2) is 0 Å². The number of rotatable bonds is 2. The Balaban J connectivity index is 1.79. The number of benzene rings is 2. The van der Waals surface area contributed by atoms with Gasteiger partial charge >= 0.3 is 6.61 Å². The molecule has 1 amide bonds. The number of aromatic nitrogens is 2. The molecule has 3 aromatic rings. The molecule has 0 fully saturated rings. The Hall–Kier alpha value is -3.44. The van der Waals surface area contributed by atoms with Crippen LogP contribution in [0.2, 0.25) is 0 Å². The third-order valence-electron chi connectivity index (χ3n) is 5.57. The van der Waals surface area contributed by atoms with E-state index in [9.17, 15) is 18.7 Å². The largest absolute Gasteiger partial charge is 0.434 e. The standard InChI is InChI=1S/C23H19F2N3O3/c1-12(29)6-7-13-8-9-15-16(10-13)28-17-11-18(21(28)26-15)27(2)22(30)14-4-3-5-19(20(14)17)31-23(24)25/h3-5,8-10,12,17-18,23,29H,11H2,1-2H3/t12-,17+,18+/m0/s1/i2D3. The molecular formula is C23H19F2N3O3. The number of nitrogens with zero attached hydrogens (tertiary/aromatic N) is 3. The maximum absolute atomic E-state index is 13.4. The van der Waals surface area contributed by atoms with Crippen molar-refractivity contribution in [2.45, 2.75) is 38.1 Å². The summed E-state index contributed by atoms with van der Waals surface area (Å²) < 4.78 is 57.1. The van der Waals surface area contributed by atoms with Crippen LogP contribution in [0, 0.1) is 11.8 Å². The van der Waals surface area contributed by atoms with E-state index in [1.54, 1.807) is 22.8 Å². The molecule has 8 heteroatoms. The van der Waals surface area contributed by atoms with Gasteiger partial charge in [0, 0.05) is 34.2 Å². The second kappa shape index (κ2) is 7.06. The molecule has 3 atom stereocenters. The van der Waals surface area contributed by atoms with E-state index in [0.29, 0.717) is 22.4 Å². The molecule has 5 rings (SSSR count). The number of fused-ring (bicyclic) bond motifs is 9. The number of aliphatic hydroxyl groups excluding tert-OH is 1. The molecule has 0 saturated heterocycles. The summed E-state index contributed by atoms with van der Waals surface area (Å²) in [5.41, 5.74) is 1.94. The average molecular weight is 426 g/mol. The molecule has 2 aliphatic heterocycles. The Morgan fingerprint density at radius 1 is 1.32 bits per heavy atom. The highest BCUT2D eigenvalue weighted by Crippen LogP contribution is 2.49. The van der Waals surface area contributed by atoms with Gasteiger partial charge in [0.1, 0.15) is 17.7 Å². The molecular weight excluding hydrogens is 404 g/mol. The third kappa shape index (κ3) is 3.04. The lowest BCUT2D eigenvalue weighted by molar-refractivity contribution is -0.0507. The van der Waals surface area contributed by atoms with E-state index in [2.05, 4.69) is 16.8 Å². The van der Waals surface area contributed by atoms with Crippen molar-refractivity contribution in [1.82, 2.24) is 14.5 Å². The first-order chi connectivity index (χ1) is 16.1. The van der Waals surface area contributed by atoms with Crippen LogP contribution in [0.15, 0.2) is 36.4 Å². The third-order valence-corrected chi connectivity index (χ3v) is 5.57. The molecule has 0 aliphatic carbocycles. The van der Waals surface area contributed by atoms with Crippen LogP contribution in [0.5, 0.6) is 5.75 Å². The quantitative estimate of drug-likeness (QED) is 0.637. The number of ether oxygens (including phenoxy) is 1. The monoisotopic (exact) mass is 426 g/mol. The van der Waals surface area contributed by atoms with Gasteiger partial charge in [-0.2, -0.15) is 8.78 Å². The minimum atomic E-state index is -3.12. The SMILES string of the molecule is [2H]C([2H])([2H])N1C(=O)c2cccc(OC(F)F)c2[C@H]2C[C@@H]1c1nc3ccc(C#C[C@H](C)O)cc3n12. The molecule has 2 bridgehead atoms. The van der Waals surface area contributed by atoms with E-state index >= 15 is 0 Å². The first-order valence-electron chi connectivity index (χ1n) is 11.2. The van der Waals surface area contributed by atoms with Gasteiger partial charge in [-0.05, 0) is 37.3 Å². The predicted octanol–water partition coefficient (Wildman–Crippen LogP) is 3.49. The zero-order chi connectivity index (χ0) is 24.4. The summed E-state index contributed by atoms with van der Waals surface area (Å²) >= 11 is 0. The second-order valence-electron chi connectivity index (χ2n) is 7.53. The molecule has 158 valence electrons. The fourth-order valence-corrected chi connectivity index (χ4v) is 4.37. The summed E-state index contributed by atoms with van der Waals surface area (Å²) in [6, 6.07) is 7.78. The number of alkyl halides is 2. The van der Waals surface area contributed by atoms with Crippen molar-refractivity contribution in [1.29, 1.82) is 0 Å². The van der Waals surface area contributed by atoms with Crippen molar-refractivity contribution < 1.29 is 27.5 Å². The van der Waals surface area contributed by atoms with Crippen molar-refractivity contribution in [3.63, 3.8) is 0 Å². The van der Waals surface area contributed by atoms with E-state index in [-0.39, 0.29) is 23.3 Å². The van der Waals surface area contributed by atoms with E-state index < -0.39 is 37.7 Å². The molecule has 6 nitrogen and oxygen atoms in total. The molecule has 0 unspecified atom stereocenters. The molecule has 3 heterocycles. The number of amides is 1. The van der Waals surface area contributed by atoms with E-state index in [1.165, 1.54) is 25.1 Å². The summed E-state index contributed by atoms with van der Waals surface area (Å²) in [6.07, 6.45) is -0.683. The fourth-order valence-electron chi connectivity index (χ4n) is 4.37. The van der Waals surface area contributed by atoms with Crippen LogP contribution in [0.4, 0.5) is 8.78 Å². The lowest BCUT2D eigenvalue weighted by atomic mass is 9.97. The zero-order valence-electron chi connectivity index (χ0n) is 19.3. The topological polar surface area (TPSA) is 67.6 Å². The Bertz CT molecular complexity index is 1370. The van der Waals surface area contributed by atoms with Gasteiger partial charge in [0.05, 0.1) is 23.1 Å². The molecule has 31 heavy (non-hydrogen) atoms. The van der Waals surface area contributed by atoms with E-state index in [4.69, 9.17) is 8.85 Å². The Morgan fingerprint density at radius 2 is 2.16 bits per heavy atom. The van der Waals surface area contributed by atoms with Crippen LogP contribution < -0.4 is 4.74 Å². The average Bonchev–Trinajstić information content (AvgIpc) is 3.24. The normalized spacial score (nSPS) is 22.0. The van der Waals surface area contributed by atoms with Crippen LogP contribution in [-0.2, 0) is 0 Å². The fraction of sp³-hybridized carbons (Fsp3) is 0.304. The van der Waals surface area contributed by atoms with Gasteiger partial charge in [-0.25, -0.2) is 4.98 Å². The molecule has 1 N–H and O–H groups in total. The smallest absolute Gasteiger partial charge is 0.387 e. The van der Waals surface area contributed by atoms with Crippen LogP contribution in [0.25, 0.3) is 11.0 Å². The van der Waals surface area contributed by atoms with Gasteiger partial charge in [0.2, 0.25) is 0 Å². The van der Waals surface area contributed by atoms with Crippen molar-refractivity contribution in [2.24, 2.45) is 0 Å². The summed E-state index contributed by atoms with van der Waals surface area (Å²) in [7, 11) is 0. The Labute approximate surface area is 181 Å². The Morgan fingerprint density at radius 3 is 2.90 bits per heavy atom. The van der Waals surface area contributed by atoms with Crippen LogP contribution >= 0.6 is 0 Å². The van der Waals surface area contributed by atoms with E-state index in [1.807, 2.05) is 0 Å². The summed E-state index contributed by atoms with van der Waals surface area (Å²) in [6.45, 7) is -4.37. The van der Waals surface area contributed by atoms with Gasteiger partial charge in [0.25, 0.3) is 5.91 Å². The number of hydrogen-bond acceptors (Lipinski definition) is 4. The first kappa shape index (κ1) is 16.3. The molecule has 0 saturated carbocycles. The number of hydrogen-bond donors (Lipinski definition) is 1. The van der Waals surface area contributed by atoms with Crippen molar-refractivity contribution in [2.75, 3.05) is 6.98 Å². The maximum Gasteiger partial charge on any atom is 0.387 e. The lowest BCUT2D eigenvalue weighted by Gasteiger charge is -2.24. The second-order valence-corrected chi connectivity index (χ2v) is 7.53. The highest BCUT2D eigenvalue weighted by molar-refractivity contribution is 5.97. The summed E-state index contributed by atoms with van der Waals surface area (Å²) in [5.74, 6) is 4.91.